The molecular formula is C17H22N2O3. The van der Waals surface area contributed by atoms with Gasteiger partial charge >= 0.3 is 0 Å². The first-order valence-electron chi connectivity index (χ1n) is 7.93. The topological polar surface area (TPSA) is 67.4 Å². The Labute approximate surface area is 130 Å². The minimum Gasteiger partial charge on any atom is -0.478 e. The van der Waals surface area contributed by atoms with Gasteiger partial charge in [-0.05, 0) is 50.0 Å². The molecule has 22 heavy (non-hydrogen) atoms. The second-order valence-corrected chi connectivity index (χ2v) is 6.37. The van der Waals surface area contributed by atoms with Crippen LogP contribution in [0.25, 0.3) is 0 Å². The number of anilines is 1. The summed E-state index contributed by atoms with van der Waals surface area (Å²) in [4.78, 5) is 24.6. The van der Waals surface area contributed by atoms with Crippen LogP contribution in [0.4, 0.5) is 5.69 Å². The van der Waals surface area contributed by atoms with Gasteiger partial charge in [0.2, 0.25) is 0 Å². The summed E-state index contributed by atoms with van der Waals surface area (Å²) in [6.07, 6.45) is 1.26. The number of ether oxygens (including phenoxy) is 1. The Morgan fingerprint density at radius 2 is 2.00 bits per heavy atom. The summed E-state index contributed by atoms with van der Waals surface area (Å²) in [5.41, 5.74) is 1.25. The number of fused-ring (bicyclic) bond motifs is 1. The van der Waals surface area contributed by atoms with Crippen LogP contribution in [0.15, 0.2) is 18.2 Å². The molecule has 3 rings (SSSR count). The highest BCUT2D eigenvalue weighted by atomic mass is 16.5. The molecule has 5 heteroatoms. The molecule has 1 unspecified atom stereocenters. The van der Waals surface area contributed by atoms with Crippen molar-refractivity contribution in [3.8, 4) is 5.75 Å². The molecular weight excluding hydrogens is 280 g/mol. The average Bonchev–Trinajstić information content (AvgIpc) is 2.53. The molecule has 0 saturated carbocycles. The van der Waals surface area contributed by atoms with Crippen molar-refractivity contribution < 1.29 is 14.3 Å². The van der Waals surface area contributed by atoms with Gasteiger partial charge in [-0.3, -0.25) is 9.59 Å². The summed E-state index contributed by atoms with van der Waals surface area (Å²) in [6.45, 7) is 5.67. The maximum absolute atomic E-state index is 12.6. The van der Waals surface area contributed by atoms with E-state index in [1.54, 1.807) is 18.2 Å². The molecule has 2 aliphatic rings. The van der Waals surface area contributed by atoms with Crippen LogP contribution in [-0.2, 0) is 4.79 Å². The van der Waals surface area contributed by atoms with E-state index in [1.807, 2.05) is 13.8 Å². The van der Waals surface area contributed by atoms with E-state index in [9.17, 15) is 9.59 Å². The van der Waals surface area contributed by atoms with Crippen LogP contribution in [-0.4, -0.2) is 30.9 Å². The molecule has 1 fully saturated rings. The molecule has 1 amide bonds. The summed E-state index contributed by atoms with van der Waals surface area (Å²) in [7, 11) is 0. The van der Waals surface area contributed by atoms with Crippen molar-refractivity contribution >= 4 is 17.4 Å². The maximum atomic E-state index is 12.6. The fourth-order valence-electron chi connectivity index (χ4n) is 3.04. The zero-order chi connectivity index (χ0) is 15.7. The van der Waals surface area contributed by atoms with Crippen molar-refractivity contribution in [2.75, 3.05) is 18.4 Å². The van der Waals surface area contributed by atoms with Crippen LogP contribution in [0.2, 0.25) is 0 Å². The summed E-state index contributed by atoms with van der Waals surface area (Å²) in [5, 5.41) is 6.12. The lowest BCUT2D eigenvalue weighted by atomic mass is 9.89. The van der Waals surface area contributed by atoms with Gasteiger partial charge in [0.15, 0.2) is 11.9 Å². The van der Waals surface area contributed by atoms with E-state index in [0.29, 0.717) is 17.0 Å². The number of nitrogens with one attached hydrogen (secondary N) is 2. The number of Topliss-reactive ketones (excluding diaryl/α,β-unsaturated/α-hetero) is 1. The van der Waals surface area contributed by atoms with Crippen molar-refractivity contribution in [3.05, 3.63) is 23.8 Å². The number of carbonyl (C=O) groups excluding carboxylic acids is 2. The summed E-state index contributed by atoms with van der Waals surface area (Å²) >= 11 is 0. The highest BCUT2D eigenvalue weighted by Gasteiger charge is 2.31. The smallest absolute Gasteiger partial charge is 0.265 e. The number of carbonyl (C=O) groups is 2. The molecule has 1 aromatic rings. The van der Waals surface area contributed by atoms with Gasteiger partial charge in [-0.1, -0.05) is 13.8 Å². The monoisotopic (exact) mass is 302 g/mol. The number of benzene rings is 1. The van der Waals surface area contributed by atoms with Gasteiger partial charge in [0.05, 0.1) is 5.69 Å². The van der Waals surface area contributed by atoms with Crippen molar-refractivity contribution in [1.82, 2.24) is 5.32 Å². The molecule has 0 spiro atoms. The van der Waals surface area contributed by atoms with E-state index in [2.05, 4.69) is 10.6 Å². The number of ketones is 1. The number of piperidine rings is 1. The van der Waals surface area contributed by atoms with Crippen molar-refractivity contribution in [1.29, 1.82) is 0 Å². The standard InChI is InChI=1S/C17H22N2O3/c1-10(2)16-17(21)19-13-9-12(3-4-14(13)22-16)15(20)11-5-7-18-8-6-11/h3-4,9-11,16,18H,5-8H2,1-2H3,(H,19,21). The van der Waals surface area contributed by atoms with Gasteiger partial charge in [0, 0.05) is 11.5 Å². The second kappa shape index (κ2) is 6.08. The van der Waals surface area contributed by atoms with Crippen LogP contribution in [0.1, 0.15) is 37.0 Å². The van der Waals surface area contributed by atoms with E-state index >= 15 is 0 Å². The summed E-state index contributed by atoms with van der Waals surface area (Å²) in [5.74, 6) is 0.825. The van der Waals surface area contributed by atoms with Crippen LogP contribution in [0.5, 0.6) is 5.75 Å². The first kappa shape index (κ1) is 15.0. The van der Waals surface area contributed by atoms with E-state index < -0.39 is 6.10 Å². The Hall–Kier alpha value is -1.88. The molecule has 118 valence electrons. The van der Waals surface area contributed by atoms with Crippen LogP contribution in [0.3, 0.4) is 0 Å². The minimum absolute atomic E-state index is 0.0722. The molecule has 2 aliphatic heterocycles. The summed E-state index contributed by atoms with van der Waals surface area (Å²) < 4.78 is 5.75. The molecule has 0 aromatic heterocycles. The van der Waals surface area contributed by atoms with Crippen molar-refractivity contribution in [3.63, 3.8) is 0 Å². The Bertz CT molecular complexity index is 592. The lowest BCUT2D eigenvalue weighted by Gasteiger charge is -2.28. The highest BCUT2D eigenvalue weighted by molar-refractivity contribution is 6.02. The SMILES string of the molecule is CC(C)C1Oc2ccc(C(=O)C3CCNCC3)cc2NC1=O. The number of rotatable bonds is 3. The Kier molecular flexibility index (Phi) is 4.16. The lowest BCUT2D eigenvalue weighted by Crippen LogP contribution is -2.40. The lowest BCUT2D eigenvalue weighted by molar-refractivity contribution is -0.125. The molecule has 1 atom stereocenters. The first-order valence-corrected chi connectivity index (χ1v) is 7.93. The predicted octanol–water partition coefficient (Wildman–Crippen LogP) is 2.22. The molecule has 0 bridgehead atoms. The van der Waals surface area contributed by atoms with Crippen molar-refractivity contribution in [2.45, 2.75) is 32.8 Å². The van der Waals surface area contributed by atoms with Crippen LogP contribution in [0, 0.1) is 11.8 Å². The highest BCUT2D eigenvalue weighted by Crippen LogP contribution is 2.33. The van der Waals surface area contributed by atoms with Crippen molar-refractivity contribution in [2.24, 2.45) is 11.8 Å². The molecule has 1 saturated heterocycles. The zero-order valence-electron chi connectivity index (χ0n) is 13.0. The normalized spacial score (nSPS) is 22.0. The van der Waals surface area contributed by atoms with Gasteiger partial charge in [0.25, 0.3) is 5.91 Å². The number of amides is 1. The first-order chi connectivity index (χ1) is 10.6. The van der Waals surface area contributed by atoms with E-state index in [1.165, 1.54) is 0 Å². The number of hydrogen-bond donors (Lipinski definition) is 2. The molecule has 5 nitrogen and oxygen atoms in total. The maximum Gasteiger partial charge on any atom is 0.265 e. The zero-order valence-corrected chi connectivity index (χ0v) is 13.0. The van der Waals surface area contributed by atoms with Gasteiger partial charge in [-0.15, -0.1) is 0 Å². The third-order valence-corrected chi connectivity index (χ3v) is 4.35. The van der Waals surface area contributed by atoms with Gasteiger partial charge in [0.1, 0.15) is 5.75 Å². The van der Waals surface area contributed by atoms with Gasteiger partial charge in [-0.25, -0.2) is 0 Å². The van der Waals surface area contributed by atoms with Gasteiger partial charge < -0.3 is 15.4 Å². The van der Waals surface area contributed by atoms with Gasteiger partial charge in [-0.2, -0.15) is 0 Å². The number of hydrogen-bond acceptors (Lipinski definition) is 4. The van der Waals surface area contributed by atoms with E-state index in [4.69, 9.17) is 4.74 Å². The summed E-state index contributed by atoms with van der Waals surface area (Å²) in [6, 6.07) is 5.34. The average molecular weight is 302 g/mol. The van der Waals surface area contributed by atoms with E-state index in [-0.39, 0.29) is 23.5 Å². The Balaban J connectivity index is 1.81. The Morgan fingerprint density at radius 3 is 2.68 bits per heavy atom. The minimum atomic E-state index is -0.474. The molecule has 0 aliphatic carbocycles. The fourth-order valence-corrected chi connectivity index (χ4v) is 3.04. The molecule has 2 heterocycles. The third-order valence-electron chi connectivity index (χ3n) is 4.35. The molecule has 0 radical (unpaired) electrons. The van der Waals surface area contributed by atoms with Crippen LogP contribution >= 0.6 is 0 Å². The van der Waals surface area contributed by atoms with E-state index in [0.717, 1.165) is 25.9 Å². The molecule has 2 N–H and O–H groups in total. The second-order valence-electron chi connectivity index (χ2n) is 6.37. The fraction of sp³-hybridized carbons (Fsp3) is 0.529. The van der Waals surface area contributed by atoms with Crippen LogP contribution < -0.4 is 15.4 Å². The third kappa shape index (κ3) is 2.86. The largest absolute Gasteiger partial charge is 0.478 e. The molecule has 1 aromatic carbocycles. The Morgan fingerprint density at radius 1 is 1.27 bits per heavy atom. The quantitative estimate of drug-likeness (QED) is 0.840. The predicted molar refractivity (Wildman–Crippen MR) is 84.2 cm³/mol.